The van der Waals surface area contributed by atoms with E-state index < -0.39 is 0 Å². The Kier molecular flexibility index (Phi) is 3.73. The number of ether oxygens (including phenoxy) is 1. The second kappa shape index (κ2) is 5.46. The van der Waals surface area contributed by atoms with Crippen molar-refractivity contribution in [1.82, 2.24) is 9.97 Å². The van der Waals surface area contributed by atoms with Crippen LogP contribution in [0, 0.1) is 0 Å². The van der Waals surface area contributed by atoms with Crippen LogP contribution in [0.25, 0.3) is 0 Å². The number of aromatic nitrogens is 2. The molecule has 0 aliphatic heterocycles. The maximum Gasteiger partial charge on any atom is 0.340 e. The Morgan fingerprint density at radius 3 is 2.89 bits per heavy atom. The summed E-state index contributed by atoms with van der Waals surface area (Å²) in [6, 6.07) is 3.46. The molecule has 2 aromatic rings. The quantitative estimate of drug-likeness (QED) is 0.824. The van der Waals surface area contributed by atoms with E-state index in [0.717, 1.165) is 0 Å². The Hall–Kier alpha value is -2.15. The molecular weight excluding hydrogens is 252 g/mol. The topological polar surface area (TPSA) is 76.1 Å². The summed E-state index contributed by atoms with van der Waals surface area (Å²) in [7, 11) is 3.13. The van der Waals surface area contributed by atoms with Gasteiger partial charge < -0.3 is 15.4 Å². The van der Waals surface area contributed by atoms with Crippen LogP contribution < -0.4 is 10.6 Å². The third-order valence-corrected chi connectivity index (χ3v) is 3.07. The fourth-order valence-corrected chi connectivity index (χ4v) is 2.14. The van der Waals surface area contributed by atoms with Gasteiger partial charge in [0.15, 0.2) is 0 Å². The zero-order chi connectivity index (χ0) is 13.0. The van der Waals surface area contributed by atoms with E-state index in [9.17, 15) is 4.79 Å². The minimum Gasteiger partial charge on any atom is -0.465 e. The summed E-state index contributed by atoms with van der Waals surface area (Å²) in [6.07, 6.45) is 1.44. The van der Waals surface area contributed by atoms with Gasteiger partial charge in [-0.05, 0) is 11.4 Å². The Labute approximate surface area is 108 Å². The molecule has 0 bridgehead atoms. The maximum atomic E-state index is 11.5. The minimum absolute atomic E-state index is 0.373. The first kappa shape index (κ1) is 12.3. The third kappa shape index (κ3) is 2.57. The number of esters is 1. The lowest BCUT2D eigenvalue weighted by Crippen LogP contribution is -2.03. The van der Waals surface area contributed by atoms with Crippen molar-refractivity contribution in [3.8, 4) is 0 Å². The van der Waals surface area contributed by atoms with Gasteiger partial charge in [0.1, 0.15) is 23.0 Å². The number of nitrogens with one attached hydrogen (secondary N) is 2. The standard InChI is InChI=1S/C11H12N4O2S/c1-12-8-5-9(14-6-13-8)15-10-7(3-4-18-10)11(16)17-2/h3-6H,1-2H3,(H2,12,13,14,15). The highest BCUT2D eigenvalue weighted by atomic mass is 32.1. The zero-order valence-corrected chi connectivity index (χ0v) is 10.7. The molecular formula is C11H12N4O2S. The van der Waals surface area contributed by atoms with Gasteiger partial charge in [-0.1, -0.05) is 0 Å². The Morgan fingerprint density at radius 2 is 2.17 bits per heavy atom. The van der Waals surface area contributed by atoms with Crippen molar-refractivity contribution in [2.45, 2.75) is 0 Å². The number of methoxy groups -OCH3 is 1. The number of rotatable bonds is 4. The van der Waals surface area contributed by atoms with Crippen LogP contribution in [-0.4, -0.2) is 30.1 Å². The number of hydrogen-bond acceptors (Lipinski definition) is 7. The van der Waals surface area contributed by atoms with Crippen LogP contribution in [0.5, 0.6) is 0 Å². The van der Waals surface area contributed by atoms with Crippen LogP contribution in [0.3, 0.4) is 0 Å². The molecule has 7 heteroatoms. The molecule has 0 amide bonds. The van der Waals surface area contributed by atoms with E-state index in [2.05, 4.69) is 20.6 Å². The van der Waals surface area contributed by atoms with E-state index >= 15 is 0 Å². The smallest absolute Gasteiger partial charge is 0.340 e. The highest BCUT2D eigenvalue weighted by Gasteiger charge is 2.13. The lowest BCUT2D eigenvalue weighted by atomic mass is 10.3. The monoisotopic (exact) mass is 264 g/mol. The Balaban J connectivity index is 2.23. The molecule has 0 atom stereocenters. The minimum atomic E-state index is -0.373. The van der Waals surface area contributed by atoms with Crippen LogP contribution in [-0.2, 0) is 4.74 Å². The molecule has 0 fully saturated rings. The molecule has 0 radical (unpaired) electrons. The Bertz CT molecular complexity index is 555. The maximum absolute atomic E-state index is 11.5. The summed E-state index contributed by atoms with van der Waals surface area (Å²) in [5, 5.41) is 8.50. The average Bonchev–Trinajstić information content (AvgIpc) is 2.86. The highest BCUT2D eigenvalue weighted by molar-refractivity contribution is 7.14. The fourth-order valence-electron chi connectivity index (χ4n) is 1.36. The molecule has 94 valence electrons. The molecule has 0 unspecified atom stereocenters. The van der Waals surface area contributed by atoms with Crippen LogP contribution in [0.2, 0.25) is 0 Å². The molecule has 0 saturated carbocycles. The summed E-state index contributed by atoms with van der Waals surface area (Å²) < 4.78 is 4.70. The van der Waals surface area contributed by atoms with Crippen molar-refractivity contribution in [2.75, 3.05) is 24.8 Å². The highest BCUT2D eigenvalue weighted by Crippen LogP contribution is 2.27. The van der Waals surface area contributed by atoms with Gasteiger partial charge in [-0.2, -0.15) is 0 Å². The van der Waals surface area contributed by atoms with Gasteiger partial charge in [-0.3, -0.25) is 0 Å². The van der Waals surface area contributed by atoms with Crippen LogP contribution in [0.1, 0.15) is 10.4 Å². The third-order valence-electron chi connectivity index (χ3n) is 2.24. The van der Waals surface area contributed by atoms with E-state index in [0.29, 0.717) is 22.2 Å². The van der Waals surface area contributed by atoms with Crippen molar-refractivity contribution in [3.05, 3.63) is 29.4 Å². The molecule has 2 rings (SSSR count). The first-order valence-corrected chi connectivity index (χ1v) is 6.05. The van der Waals surface area contributed by atoms with Crippen molar-refractivity contribution in [3.63, 3.8) is 0 Å². The molecule has 2 N–H and O–H groups in total. The molecule has 6 nitrogen and oxygen atoms in total. The predicted octanol–water partition coefficient (Wildman–Crippen LogP) is 2.11. The van der Waals surface area contributed by atoms with Gasteiger partial charge in [0.05, 0.1) is 12.7 Å². The van der Waals surface area contributed by atoms with E-state index in [1.165, 1.54) is 24.8 Å². The molecule has 0 aromatic carbocycles. The first-order valence-electron chi connectivity index (χ1n) is 5.17. The molecule has 0 aliphatic carbocycles. The van der Waals surface area contributed by atoms with Crippen molar-refractivity contribution in [1.29, 1.82) is 0 Å². The number of anilines is 3. The summed E-state index contributed by atoms with van der Waals surface area (Å²) in [4.78, 5) is 19.6. The first-order chi connectivity index (χ1) is 8.74. The van der Waals surface area contributed by atoms with Gasteiger partial charge in [0.2, 0.25) is 0 Å². The largest absolute Gasteiger partial charge is 0.465 e. The normalized spacial score (nSPS) is 9.89. The molecule has 0 spiro atoms. The van der Waals surface area contributed by atoms with Crippen LogP contribution in [0.4, 0.5) is 16.6 Å². The van der Waals surface area contributed by atoms with Gasteiger partial charge in [0, 0.05) is 13.1 Å². The van der Waals surface area contributed by atoms with Crippen LogP contribution >= 0.6 is 11.3 Å². The number of carbonyl (C=O) groups is 1. The fraction of sp³-hybridized carbons (Fsp3) is 0.182. The molecule has 2 aromatic heterocycles. The van der Waals surface area contributed by atoms with Crippen molar-refractivity contribution >= 4 is 33.9 Å². The number of thiophene rings is 1. The van der Waals surface area contributed by atoms with Crippen molar-refractivity contribution in [2.24, 2.45) is 0 Å². The van der Waals surface area contributed by atoms with Crippen molar-refractivity contribution < 1.29 is 9.53 Å². The Morgan fingerprint density at radius 1 is 1.39 bits per heavy atom. The van der Waals surface area contributed by atoms with Gasteiger partial charge in [-0.15, -0.1) is 11.3 Å². The number of carbonyl (C=O) groups excluding carboxylic acids is 1. The molecule has 0 aliphatic rings. The second-order valence-corrected chi connectivity index (χ2v) is 4.23. The average molecular weight is 264 g/mol. The van der Waals surface area contributed by atoms with Gasteiger partial charge >= 0.3 is 5.97 Å². The molecule has 0 saturated heterocycles. The summed E-state index contributed by atoms with van der Waals surface area (Å²) in [6.45, 7) is 0. The number of nitrogens with zero attached hydrogens (tertiary/aromatic N) is 2. The summed E-state index contributed by atoms with van der Waals surface area (Å²) >= 11 is 1.41. The second-order valence-electron chi connectivity index (χ2n) is 3.32. The van der Waals surface area contributed by atoms with E-state index in [1.807, 2.05) is 5.38 Å². The lowest BCUT2D eigenvalue weighted by molar-refractivity contribution is 0.0602. The van der Waals surface area contributed by atoms with Gasteiger partial charge in [0.25, 0.3) is 0 Å². The SMILES string of the molecule is CNc1cc(Nc2sccc2C(=O)OC)ncn1. The van der Waals surface area contributed by atoms with E-state index in [1.54, 1.807) is 19.2 Å². The zero-order valence-electron chi connectivity index (χ0n) is 9.93. The van der Waals surface area contributed by atoms with Gasteiger partial charge in [-0.25, -0.2) is 14.8 Å². The predicted molar refractivity (Wildman–Crippen MR) is 70.5 cm³/mol. The van der Waals surface area contributed by atoms with E-state index in [-0.39, 0.29) is 5.97 Å². The van der Waals surface area contributed by atoms with Crippen LogP contribution in [0.15, 0.2) is 23.8 Å². The van der Waals surface area contributed by atoms with E-state index in [4.69, 9.17) is 4.74 Å². The molecule has 18 heavy (non-hydrogen) atoms. The summed E-state index contributed by atoms with van der Waals surface area (Å²) in [5.74, 6) is 0.937. The number of hydrogen-bond donors (Lipinski definition) is 2. The summed E-state index contributed by atoms with van der Waals surface area (Å²) in [5.41, 5.74) is 0.493. The molecule has 2 heterocycles. The lowest BCUT2D eigenvalue weighted by Gasteiger charge is -2.06.